The second-order valence-corrected chi connectivity index (χ2v) is 7.06. The van der Waals surface area contributed by atoms with Crippen LogP contribution in [-0.2, 0) is 9.59 Å². The molecule has 1 atom stereocenters. The fourth-order valence-electron chi connectivity index (χ4n) is 3.31. The summed E-state index contributed by atoms with van der Waals surface area (Å²) in [6, 6.07) is 7.67. The molecule has 0 spiro atoms. The summed E-state index contributed by atoms with van der Waals surface area (Å²) in [5, 5.41) is 0. The first kappa shape index (κ1) is 16.5. The van der Waals surface area contributed by atoms with Crippen LogP contribution in [-0.4, -0.2) is 60.9 Å². The van der Waals surface area contributed by atoms with Gasteiger partial charge in [0.05, 0.1) is 5.92 Å². The summed E-state index contributed by atoms with van der Waals surface area (Å²) in [6.45, 7) is 7.06. The van der Waals surface area contributed by atoms with E-state index in [-0.39, 0.29) is 17.7 Å². The SMILES string of the molecule is CCN1CCN(C(=O)C2CC(=O)N(c3cccc(Br)c3)C2)CC1. The van der Waals surface area contributed by atoms with Crippen LogP contribution in [0.2, 0.25) is 0 Å². The number of nitrogens with zero attached hydrogens (tertiary/aromatic N) is 3. The fraction of sp³-hybridized carbons (Fsp3) is 0.529. The molecule has 23 heavy (non-hydrogen) atoms. The Morgan fingerprint density at radius 1 is 1.26 bits per heavy atom. The third kappa shape index (κ3) is 3.58. The standard InChI is InChI=1S/C17H22BrN3O2/c1-2-19-6-8-20(9-7-19)17(23)13-10-16(22)21(12-13)15-5-3-4-14(18)11-15/h3-5,11,13H,2,6-10,12H2,1H3. The van der Waals surface area contributed by atoms with E-state index in [9.17, 15) is 9.59 Å². The molecular formula is C17H22BrN3O2. The Balaban J connectivity index is 1.64. The van der Waals surface area contributed by atoms with Gasteiger partial charge in [0.15, 0.2) is 0 Å². The van der Waals surface area contributed by atoms with Crippen LogP contribution in [0.4, 0.5) is 5.69 Å². The van der Waals surface area contributed by atoms with Crippen molar-refractivity contribution in [3.8, 4) is 0 Å². The molecule has 0 radical (unpaired) electrons. The zero-order chi connectivity index (χ0) is 16.4. The number of halogens is 1. The number of carbonyl (C=O) groups excluding carboxylic acids is 2. The van der Waals surface area contributed by atoms with Crippen LogP contribution in [0, 0.1) is 5.92 Å². The molecule has 2 amide bonds. The number of rotatable bonds is 3. The molecular weight excluding hydrogens is 358 g/mol. The van der Waals surface area contributed by atoms with Crippen molar-refractivity contribution in [2.24, 2.45) is 5.92 Å². The number of benzene rings is 1. The highest BCUT2D eigenvalue weighted by Crippen LogP contribution is 2.28. The Labute approximate surface area is 145 Å². The van der Waals surface area contributed by atoms with Crippen molar-refractivity contribution in [1.29, 1.82) is 0 Å². The molecule has 2 fully saturated rings. The van der Waals surface area contributed by atoms with Gasteiger partial charge in [0.25, 0.3) is 0 Å². The van der Waals surface area contributed by atoms with Crippen LogP contribution in [0.1, 0.15) is 13.3 Å². The number of amides is 2. The molecule has 0 aromatic heterocycles. The van der Waals surface area contributed by atoms with Gasteiger partial charge in [-0.1, -0.05) is 28.9 Å². The lowest BCUT2D eigenvalue weighted by molar-refractivity contribution is -0.137. The molecule has 3 rings (SSSR count). The zero-order valence-corrected chi connectivity index (χ0v) is 15.0. The van der Waals surface area contributed by atoms with Crippen LogP contribution < -0.4 is 4.90 Å². The maximum atomic E-state index is 12.7. The fourth-order valence-corrected chi connectivity index (χ4v) is 3.70. The van der Waals surface area contributed by atoms with E-state index in [0.29, 0.717) is 13.0 Å². The first-order chi connectivity index (χ1) is 11.1. The summed E-state index contributed by atoms with van der Waals surface area (Å²) in [4.78, 5) is 31.0. The number of carbonyl (C=O) groups is 2. The van der Waals surface area contributed by atoms with E-state index < -0.39 is 0 Å². The quantitative estimate of drug-likeness (QED) is 0.806. The molecule has 1 aromatic rings. The van der Waals surface area contributed by atoms with Gasteiger partial charge in [-0.15, -0.1) is 0 Å². The van der Waals surface area contributed by atoms with Gasteiger partial charge < -0.3 is 14.7 Å². The molecule has 2 heterocycles. The lowest BCUT2D eigenvalue weighted by Crippen LogP contribution is -2.50. The molecule has 6 heteroatoms. The van der Waals surface area contributed by atoms with Crippen LogP contribution in [0.15, 0.2) is 28.7 Å². The third-order valence-corrected chi connectivity index (χ3v) is 5.22. The zero-order valence-electron chi connectivity index (χ0n) is 13.4. The van der Waals surface area contributed by atoms with Crippen LogP contribution in [0.5, 0.6) is 0 Å². The minimum Gasteiger partial charge on any atom is -0.340 e. The van der Waals surface area contributed by atoms with Crippen molar-refractivity contribution < 1.29 is 9.59 Å². The molecule has 0 aliphatic carbocycles. The monoisotopic (exact) mass is 379 g/mol. The van der Waals surface area contributed by atoms with Gasteiger partial charge in [0.2, 0.25) is 11.8 Å². The highest BCUT2D eigenvalue weighted by atomic mass is 79.9. The van der Waals surface area contributed by atoms with Crippen molar-refractivity contribution in [3.63, 3.8) is 0 Å². The van der Waals surface area contributed by atoms with E-state index in [1.165, 1.54) is 0 Å². The maximum Gasteiger partial charge on any atom is 0.228 e. The summed E-state index contributed by atoms with van der Waals surface area (Å²) < 4.78 is 0.938. The second kappa shape index (κ2) is 7.01. The number of anilines is 1. The van der Waals surface area contributed by atoms with Gasteiger partial charge in [-0.2, -0.15) is 0 Å². The molecule has 5 nitrogen and oxygen atoms in total. The molecule has 2 aliphatic rings. The molecule has 2 saturated heterocycles. The van der Waals surface area contributed by atoms with E-state index >= 15 is 0 Å². The lowest BCUT2D eigenvalue weighted by Gasteiger charge is -2.35. The van der Waals surface area contributed by atoms with E-state index in [4.69, 9.17) is 0 Å². The molecule has 2 aliphatic heterocycles. The maximum absolute atomic E-state index is 12.7. The predicted octanol–water partition coefficient (Wildman–Crippen LogP) is 1.97. The van der Waals surface area contributed by atoms with Crippen molar-refractivity contribution >= 4 is 33.4 Å². The van der Waals surface area contributed by atoms with Gasteiger partial charge in [0, 0.05) is 49.3 Å². The second-order valence-electron chi connectivity index (χ2n) is 6.14. The van der Waals surface area contributed by atoms with E-state index in [2.05, 4.69) is 27.8 Å². The number of likely N-dealkylation sites (N-methyl/N-ethyl adjacent to an activating group) is 1. The Hall–Kier alpha value is -1.40. The Kier molecular flexibility index (Phi) is 5.02. The van der Waals surface area contributed by atoms with Crippen LogP contribution in [0.3, 0.4) is 0 Å². The van der Waals surface area contributed by atoms with Gasteiger partial charge in [-0.05, 0) is 24.7 Å². The summed E-state index contributed by atoms with van der Waals surface area (Å²) in [6.07, 6.45) is 0.319. The molecule has 0 saturated carbocycles. The Bertz CT molecular complexity index is 599. The number of hydrogen-bond donors (Lipinski definition) is 0. The highest BCUT2D eigenvalue weighted by Gasteiger charge is 2.37. The van der Waals surface area contributed by atoms with Crippen molar-refractivity contribution in [1.82, 2.24) is 9.80 Å². The molecule has 0 N–H and O–H groups in total. The molecule has 124 valence electrons. The van der Waals surface area contributed by atoms with Gasteiger partial charge in [0.1, 0.15) is 0 Å². The average Bonchev–Trinajstić information content (AvgIpc) is 2.96. The topological polar surface area (TPSA) is 43.9 Å². The van der Waals surface area contributed by atoms with Crippen molar-refractivity contribution in [2.45, 2.75) is 13.3 Å². The van der Waals surface area contributed by atoms with Crippen LogP contribution in [0.25, 0.3) is 0 Å². The molecule has 1 unspecified atom stereocenters. The molecule has 1 aromatic carbocycles. The van der Waals surface area contributed by atoms with Gasteiger partial charge >= 0.3 is 0 Å². The first-order valence-corrected chi connectivity index (χ1v) is 8.95. The van der Waals surface area contributed by atoms with Crippen molar-refractivity contribution in [2.75, 3.05) is 44.2 Å². The largest absolute Gasteiger partial charge is 0.340 e. The minimum atomic E-state index is -0.213. The minimum absolute atomic E-state index is 0.0358. The van der Waals surface area contributed by atoms with E-state index in [1.54, 1.807) is 4.90 Å². The third-order valence-electron chi connectivity index (χ3n) is 4.73. The van der Waals surface area contributed by atoms with Gasteiger partial charge in [-0.3, -0.25) is 9.59 Å². The number of piperazine rings is 1. The molecule has 0 bridgehead atoms. The Morgan fingerprint density at radius 2 is 2.00 bits per heavy atom. The van der Waals surface area contributed by atoms with E-state index in [1.807, 2.05) is 29.2 Å². The van der Waals surface area contributed by atoms with Crippen molar-refractivity contribution in [3.05, 3.63) is 28.7 Å². The predicted molar refractivity (Wildman–Crippen MR) is 93.3 cm³/mol. The van der Waals surface area contributed by atoms with E-state index in [0.717, 1.165) is 42.9 Å². The summed E-state index contributed by atoms with van der Waals surface area (Å²) in [7, 11) is 0. The summed E-state index contributed by atoms with van der Waals surface area (Å²) in [5.41, 5.74) is 0.857. The normalized spacial score (nSPS) is 22.7. The summed E-state index contributed by atoms with van der Waals surface area (Å²) in [5.74, 6) is -0.0464. The van der Waals surface area contributed by atoms with Crippen LogP contribution >= 0.6 is 15.9 Å². The Morgan fingerprint density at radius 3 is 2.65 bits per heavy atom. The average molecular weight is 380 g/mol. The smallest absolute Gasteiger partial charge is 0.228 e. The summed E-state index contributed by atoms with van der Waals surface area (Å²) >= 11 is 3.43. The first-order valence-electron chi connectivity index (χ1n) is 8.15. The number of hydrogen-bond acceptors (Lipinski definition) is 3. The highest BCUT2D eigenvalue weighted by molar-refractivity contribution is 9.10. The van der Waals surface area contributed by atoms with Gasteiger partial charge in [-0.25, -0.2) is 0 Å². The lowest BCUT2D eigenvalue weighted by atomic mass is 10.1.